The first kappa shape index (κ1) is 12.6. The Bertz CT molecular complexity index is 448. The molecule has 2 aliphatic rings. The molecule has 1 aromatic rings. The van der Waals surface area contributed by atoms with Gasteiger partial charge < -0.3 is 14.2 Å². The lowest BCUT2D eigenvalue weighted by Gasteiger charge is -2.31. The van der Waals surface area contributed by atoms with E-state index in [0.717, 1.165) is 38.8 Å². The first-order valence-electron chi connectivity index (χ1n) is 6.92. The van der Waals surface area contributed by atoms with Gasteiger partial charge in [-0.25, -0.2) is 0 Å². The largest absolute Gasteiger partial charge is 0.368 e. The highest BCUT2D eigenvalue weighted by molar-refractivity contribution is 5.81. The van der Waals surface area contributed by atoms with E-state index >= 15 is 0 Å². The van der Waals surface area contributed by atoms with Gasteiger partial charge in [-0.1, -0.05) is 5.16 Å². The minimum atomic E-state index is 0.190. The van der Waals surface area contributed by atoms with Crippen molar-refractivity contribution >= 4 is 5.91 Å². The predicted octanol–water partition coefficient (Wildman–Crippen LogP) is 1.30. The number of carbonyl (C=O) groups is 1. The maximum atomic E-state index is 11.9. The van der Waals surface area contributed by atoms with Crippen LogP contribution >= 0.6 is 0 Å². The fourth-order valence-electron chi connectivity index (χ4n) is 2.42. The summed E-state index contributed by atoms with van der Waals surface area (Å²) in [4.78, 5) is 18.0. The molecule has 1 saturated carbocycles. The van der Waals surface area contributed by atoms with Crippen LogP contribution in [0.25, 0.3) is 0 Å². The molecule has 3 rings (SSSR count). The zero-order valence-corrected chi connectivity index (χ0v) is 11.2. The molecule has 0 spiro atoms. The molecule has 0 aromatic carbocycles. The van der Waals surface area contributed by atoms with E-state index in [4.69, 9.17) is 9.26 Å². The van der Waals surface area contributed by atoms with Gasteiger partial charge in [-0.05, 0) is 32.6 Å². The van der Waals surface area contributed by atoms with Crippen molar-refractivity contribution in [3.8, 4) is 0 Å². The highest BCUT2D eigenvalue weighted by Gasteiger charge is 2.35. The van der Waals surface area contributed by atoms with Crippen molar-refractivity contribution in [1.29, 1.82) is 0 Å². The molecular formula is C13H19N3O3. The first-order chi connectivity index (χ1) is 9.22. The third-order valence-corrected chi connectivity index (χ3v) is 3.69. The Morgan fingerprint density at radius 2 is 2.11 bits per heavy atom. The van der Waals surface area contributed by atoms with E-state index in [1.54, 1.807) is 6.92 Å². The van der Waals surface area contributed by atoms with Crippen molar-refractivity contribution in [3.05, 3.63) is 11.7 Å². The van der Waals surface area contributed by atoms with E-state index in [1.807, 2.05) is 4.90 Å². The highest BCUT2D eigenvalue weighted by atomic mass is 16.5. The van der Waals surface area contributed by atoms with Crippen LogP contribution in [0.1, 0.15) is 37.4 Å². The van der Waals surface area contributed by atoms with Gasteiger partial charge in [0.15, 0.2) is 5.82 Å². The Morgan fingerprint density at radius 1 is 1.37 bits per heavy atom. The zero-order chi connectivity index (χ0) is 13.2. The van der Waals surface area contributed by atoms with Gasteiger partial charge in [-0.15, -0.1) is 0 Å². The SMILES string of the molecule is Cc1noc(COC2CCN(C(=O)C3CC3)CC2)n1. The molecule has 2 heterocycles. The predicted molar refractivity (Wildman–Crippen MR) is 66.2 cm³/mol. The molecule has 19 heavy (non-hydrogen) atoms. The third kappa shape index (κ3) is 3.12. The van der Waals surface area contributed by atoms with Crippen molar-refractivity contribution in [2.75, 3.05) is 13.1 Å². The number of ether oxygens (including phenoxy) is 1. The number of piperidine rings is 1. The Labute approximate surface area is 112 Å². The summed E-state index contributed by atoms with van der Waals surface area (Å²) in [5, 5.41) is 3.72. The topological polar surface area (TPSA) is 68.5 Å². The van der Waals surface area contributed by atoms with E-state index in [-0.39, 0.29) is 6.10 Å². The van der Waals surface area contributed by atoms with Crippen LogP contribution in [0.2, 0.25) is 0 Å². The highest BCUT2D eigenvalue weighted by Crippen LogP contribution is 2.32. The number of hydrogen-bond acceptors (Lipinski definition) is 5. The van der Waals surface area contributed by atoms with Gasteiger partial charge in [0.25, 0.3) is 5.89 Å². The number of nitrogens with zero attached hydrogens (tertiary/aromatic N) is 3. The third-order valence-electron chi connectivity index (χ3n) is 3.69. The van der Waals surface area contributed by atoms with Crippen LogP contribution in [0.5, 0.6) is 0 Å². The Hall–Kier alpha value is -1.43. The standard InChI is InChI=1S/C13H19N3O3/c1-9-14-12(19-15-9)8-18-11-4-6-16(7-5-11)13(17)10-2-3-10/h10-11H,2-8H2,1H3. The molecule has 0 N–H and O–H groups in total. The van der Waals surface area contributed by atoms with Crippen molar-refractivity contribution in [1.82, 2.24) is 15.0 Å². The van der Waals surface area contributed by atoms with Crippen molar-refractivity contribution in [2.24, 2.45) is 5.92 Å². The maximum Gasteiger partial charge on any atom is 0.252 e. The summed E-state index contributed by atoms with van der Waals surface area (Å²) in [6.07, 6.45) is 4.13. The molecule has 1 aromatic heterocycles. The first-order valence-corrected chi connectivity index (χ1v) is 6.92. The zero-order valence-electron chi connectivity index (χ0n) is 11.2. The molecule has 2 fully saturated rings. The molecule has 1 amide bonds. The number of aryl methyl sites for hydroxylation is 1. The summed E-state index contributed by atoms with van der Waals surface area (Å²) in [7, 11) is 0. The molecule has 1 aliphatic carbocycles. The van der Waals surface area contributed by atoms with Crippen molar-refractivity contribution in [2.45, 2.75) is 45.3 Å². The molecule has 1 aliphatic heterocycles. The summed E-state index contributed by atoms with van der Waals surface area (Å²) in [6.45, 7) is 3.77. The average Bonchev–Trinajstić information content (AvgIpc) is 3.19. The van der Waals surface area contributed by atoms with Crippen LogP contribution in [0.3, 0.4) is 0 Å². The number of likely N-dealkylation sites (tertiary alicyclic amines) is 1. The Balaban J connectivity index is 1.41. The number of rotatable bonds is 4. The molecule has 0 unspecified atom stereocenters. The van der Waals surface area contributed by atoms with Gasteiger partial charge in [-0.2, -0.15) is 4.98 Å². The van der Waals surface area contributed by atoms with Crippen molar-refractivity contribution < 1.29 is 14.1 Å². The molecule has 104 valence electrons. The summed E-state index contributed by atoms with van der Waals surface area (Å²) < 4.78 is 10.8. The lowest BCUT2D eigenvalue weighted by molar-refractivity contribution is -0.135. The smallest absolute Gasteiger partial charge is 0.252 e. The molecule has 6 nitrogen and oxygen atoms in total. The number of hydrogen-bond donors (Lipinski definition) is 0. The second-order valence-corrected chi connectivity index (χ2v) is 5.35. The number of aromatic nitrogens is 2. The van der Waals surface area contributed by atoms with Gasteiger partial charge in [0.2, 0.25) is 5.91 Å². The number of amides is 1. The normalized spacial score (nSPS) is 20.8. The minimum absolute atomic E-state index is 0.190. The fourth-order valence-corrected chi connectivity index (χ4v) is 2.42. The molecule has 1 saturated heterocycles. The van der Waals surface area contributed by atoms with Crippen LogP contribution < -0.4 is 0 Å². The number of carbonyl (C=O) groups excluding carboxylic acids is 1. The molecule has 0 radical (unpaired) electrons. The van der Waals surface area contributed by atoms with Gasteiger partial charge >= 0.3 is 0 Å². The Morgan fingerprint density at radius 3 is 2.68 bits per heavy atom. The molecular weight excluding hydrogens is 246 g/mol. The van der Waals surface area contributed by atoms with Gasteiger partial charge in [0.05, 0.1) is 6.10 Å². The van der Waals surface area contributed by atoms with Crippen LogP contribution in [-0.4, -0.2) is 40.1 Å². The van der Waals surface area contributed by atoms with E-state index in [9.17, 15) is 4.79 Å². The van der Waals surface area contributed by atoms with Crippen LogP contribution in [-0.2, 0) is 16.1 Å². The van der Waals surface area contributed by atoms with E-state index in [1.165, 1.54) is 0 Å². The lowest BCUT2D eigenvalue weighted by Crippen LogP contribution is -2.41. The Kier molecular flexibility index (Phi) is 3.50. The average molecular weight is 265 g/mol. The monoisotopic (exact) mass is 265 g/mol. The fraction of sp³-hybridized carbons (Fsp3) is 0.769. The van der Waals surface area contributed by atoms with Crippen LogP contribution in [0, 0.1) is 12.8 Å². The van der Waals surface area contributed by atoms with Gasteiger partial charge in [-0.3, -0.25) is 4.79 Å². The molecule has 0 bridgehead atoms. The van der Waals surface area contributed by atoms with Gasteiger partial charge in [0, 0.05) is 19.0 Å². The summed E-state index contributed by atoms with van der Waals surface area (Å²) in [5.41, 5.74) is 0. The molecule has 0 atom stereocenters. The second-order valence-electron chi connectivity index (χ2n) is 5.35. The van der Waals surface area contributed by atoms with Crippen LogP contribution in [0.4, 0.5) is 0 Å². The molecule has 6 heteroatoms. The quantitative estimate of drug-likeness (QED) is 0.820. The van der Waals surface area contributed by atoms with Gasteiger partial charge in [0.1, 0.15) is 6.61 Å². The van der Waals surface area contributed by atoms with Crippen LogP contribution in [0.15, 0.2) is 4.52 Å². The van der Waals surface area contributed by atoms with E-state index in [0.29, 0.717) is 30.1 Å². The summed E-state index contributed by atoms with van der Waals surface area (Å²) in [5.74, 6) is 1.81. The lowest BCUT2D eigenvalue weighted by atomic mass is 10.1. The van der Waals surface area contributed by atoms with Crippen molar-refractivity contribution in [3.63, 3.8) is 0 Å². The second kappa shape index (κ2) is 5.28. The maximum absolute atomic E-state index is 11.9. The summed E-state index contributed by atoms with van der Waals surface area (Å²) >= 11 is 0. The van der Waals surface area contributed by atoms with E-state index < -0.39 is 0 Å². The van der Waals surface area contributed by atoms with E-state index in [2.05, 4.69) is 10.1 Å². The summed E-state index contributed by atoms with van der Waals surface area (Å²) in [6, 6.07) is 0. The minimum Gasteiger partial charge on any atom is -0.368 e.